The number of allylic oxidation sites excluding steroid dienone is 1. The first-order valence-electron chi connectivity index (χ1n) is 8.75. The van der Waals surface area contributed by atoms with Crippen molar-refractivity contribution in [2.45, 2.75) is 52.2 Å². The Labute approximate surface area is 145 Å². The summed E-state index contributed by atoms with van der Waals surface area (Å²) in [6, 6.07) is 9.94. The van der Waals surface area contributed by atoms with Crippen LogP contribution in [0.5, 0.6) is 0 Å². The molecule has 0 unspecified atom stereocenters. The van der Waals surface area contributed by atoms with Gasteiger partial charge in [-0.05, 0) is 25.8 Å². The molecule has 1 aromatic rings. The molecule has 1 heterocycles. The van der Waals surface area contributed by atoms with E-state index in [4.69, 9.17) is 4.74 Å². The van der Waals surface area contributed by atoms with Gasteiger partial charge in [-0.3, -0.25) is 4.79 Å². The van der Waals surface area contributed by atoms with Crippen molar-refractivity contribution in [2.75, 3.05) is 19.8 Å². The molecule has 1 amide bonds. The minimum absolute atomic E-state index is 0.0121. The number of ether oxygens (including phenoxy) is 1. The predicted molar refractivity (Wildman–Crippen MR) is 95.5 cm³/mol. The molecule has 132 valence electrons. The van der Waals surface area contributed by atoms with E-state index < -0.39 is 5.60 Å². The summed E-state index contributed by atoms with van der Waals surface area (Å²) in [5.74, 6) is 0.0121. The SMILES string of the molecule is CC/C(C)=C(/C)C(=O)N(Cc1ccccc1)CC1(O)CCOCC1. The molecular weight excluding hydrogens is 302 g/mol. The average molecular weight is 331 g/mol. The minimum atomic E-state index is -0.858. The molecule has 24 heavy (non-hydrogen) atoms. The van der Waals surface area contributed by atoms with Crippen LogP contribution in [0.2, 0.25) is 0 Å². The van der Waals surface area contributed by atoms with Gasteiger partial charge < -0.3 is 14.7 Å². The van der Waals surface area contributed by atoms with Gasteiger partial charge in [-0.25, -0.2) is 0 Å². The number of hydrogen-bond donors (Lipinski definition) is 1. The van der Waals surface area contributed by atoms with Crippen LogP contribution in [0.1, 0.15) is 45.6 Å². The molecule has 1 saturated heterocycles. The molecule has 0 bridgehead atoms. The van der Waals surface area contributed by atoms with Gasteiger partial charge in [0.15, 0.2) is 0 Å². The molecule has 1 fully saturated rings. The molecule has 0 spiro atoms. The van der Waals surface area contributed by atoms with Gasteiger partial charge in [0.2, 0.25) is 5.91 Å². The summed E-state index contributed by atoms with van der Waals surface area (Å²) in [5, 5.41) is 10.9. The molecule has 1 N–H and O–H groups in total. The van der Waals surface area contributed by atoms with Gasteiger partial charge in [-0.15, -0.1) is 0 Å². The van der Waals surface area contributed by atoms with Crippen LogP contribution < -0.4 is 0 Å². The van der Waals surface area contributed by atoms with Crippen molar-refractivity contribution < 1.29 is 14.6 Å². The Morgan fingerprint density at radius 3 is 2.42 bits per heavy atom. The largest absolute Gasteiger partial charge is 0.388 e. The Morgan fingerprint density at radius 1 is 1.21 bits per heavy atom. The first-order valence-corrected chi connectivity index (χ1v) is 8.75. The first-order chi connectivity index (χ1) is 11.4. The van der Waals surface area contributed by atoms with Crippen LogP contribution in [0.15, 0.2) is 41.5 Å². The average Bonchev–Trinajstić information content (AvgIpc) is 2.60. The van der Waals surface area contributed by atoms with Gasteiger partial charge in [-0.1, -0.05) is 42.8 Å². The number of carbonyl (C=O) groups excluding carboxylic acids is 1. The van der Waals surface area contributed by atoms with Gasteiger partial charge in [0.25, 0.3) is 0 Å². The monoisotopic (exact) mass is 331 g/mol. The smallest absolute Gasteiger partial charge is 0.249 e. The fourth-order valence-corrected chi connectivity index (χ4v) is 2.95. The molecule has 2 rings (SSSR count). The number of nitrogens with zero attached hydrogens (tertiary/aromatic N) is 1. The maximum atomic E-state index is 13.0. The standard InChI is InChI=1S/C20H29NO3/c1-4-16(2)17(3)19(22)21(14-18-8-6-5-7-9-18)15-20(23)10-12-24-13-11-20/h5-9,23H,4,10-15H2,1-3H3/b17-16-. The molecular formula is C20H29NO3. The summed E-state index contributed by atoms with van der Waals surface area (Å²) in [6.07, 6.45) is 2.00. The van der Waals surface area contributed by atoms with Crippen molar-refractivity contribution in [1.29, 1.82) is 0 Å². The zero-order valence-electron chi connectivity index (χ0n) is 15.0. The van der Waals surface area contributed by atoms with E-state index in [9.17, 15) is 9.90 Å². The molecule has 0 aliphatic carbocycles. The highest BCUT2D eigenvalue weighted by atomic mass is 16.5. The quantitative estimate of drug-likeness (QED) is 0.814. The number of carbonyl (C=O) groups is 1. The zero-order chi connectivity index (χ0) is 17.6. The van der Waals surface area contributed by atoms with Crippen molar-refractivity contribution >= 4 is 5.91 Å². The summed E-state index contributed by atoms with van der Waals surface area (Å²) in [4.78, 5) is 14.8. The highest BCUT2D eigenvalue weighted by molar-refractivity contribution is 5.93. The van der Waals surface area contributed by atoms with Gasteiger partial charge in [0, 0.05) is 38.2 Å². The molecule has 1 aliphatic heterocycles. The van der Waals surface area contributed by atoms with Gasteiger partial charge in [0.05, 0.1) is 12.1 Å². The van der Waals surface area contributed by atoms with Crippen LogP contribution in [0.3, 0.4) is 0 Å². The lowest BCUT2D eigenvalue weighted by molar-refractivity contribution is -0.135. The second-order valence-corrected chi connectivity index (χ2v) is 6.74. The van der Waals surface area contributed by atoms with E-state index in [1.54, 1.807) is 4.90 Å². The Bertz CT molecular complexity index is 574. The Balaban J connectivity index is 2.22. The minimum Gasteiger partial charge on any atom is -0.388 e. The number of benzene rings is 1. The normalized spacial score (nSPS) is 18.0. The highest BCUT2D eigenvalue weighted by Gasteiger charge is 2.34. The lowest BCUT2D eigenvalue weighted by Crippen LogP contribution is -2.48. The maximum absolute atomic E-state index is 13.0. The first kappa shape index (κ1) is 18.7. The third kappa shape index (κ3) is 4.92. The van der Waals surface area contributed by atoms with E-state index >= 15 is 0 Å². The summed E-state index contributed by atoms with van der Waals surface area (Å²) >= 11 is 0. The molecule has 4 nitrogen and oxygen atoms in total. The fraction of sp³-hybridized carbons (Fsp3) is 0.550. The molecule has 1 aliphatic rings. The van der Waals surface area contributed by atoms with E-state index in [0.717, 1.165) is 23.1 Å². The van der Waals surface area contributed by atoms with Crippen LogP contribution in [-0.2, 0) is 16.1 Å². The highest BCUT2D eigenvalue weighted by Crippen LogP contribution is 2.24. The van der Waals surface area contributed by atoms with Gasteiger partial charge in [0.1, 0.15) is 0 Å². The van der Waals surface area contributed by atoms with Crippen LogP contribution in [0, 0.1) is 0 Å². The third-order valence-electron chi connectivity index (χ3n) is 4.90. The Hall–Kier alpha value is -1.65. The summed E-state index contributed by atoms with van der Waals surface area (Å²) in [7, 11) is 0. The summed E-state index contributed by atoms with van der Waals surface area (Å²) in [6.45, 7) is 7.89. The predicted octanol–water partition coefficient (Wildman–Crippen LogP) is 3.30. The molecule has 0 aromatic heterocycles. The molecule has 0 saturated carbocycles. The fourth-order valence-electron chi connectivity index (χ4n) is 2.95. The van der Waals surface area contributed by atoms with Crippen molar-refractivity contribution in [2.24, 2.45) is 0 Å². The molecule has 0 radical (unpaired) electrons. The van der Waals surface area contributed by atoms with Crippen molar-refractivity contribution in [3.8, 4) is 0 Å². The second kappa shape index (κ2) is 8.45. The number of rotatable bonds is 6. The zero-order valence-corrected chi connectivity index (χ0v) is 15.0. The second-order valence-electron chi connectivity index (χ2n) is 6.74. The lowest BCUT2D eigenvalue weighted by atomic mass is 9.93. The van der Waals surface area contributed by atoms with Gasteiger partial charge >= 0.3 is 0 Å². The number of aliphatic hydroxyl groups is 1. The molecule has 4 heteroatoms. The van der Waals surface area contributed by atoms with E-state index in [0.29, 0.717) is 39.1 Å². The lowest BCUT2D eigenvalue weighted by Gasteiger charge is -2.37. The number of hydrogen-bond acceptors (Lipinski definition) is 3. The topological polar surface area (TPSA) is 49.8 Å². The van der Waals surface area contributed by atoms with Crippen LogP contribution in [0.25, 0.3) is 0 Å². The third-order valence-corrected chi connectivity index (χ3v) is 4.90. The van der Waals surface area contributed by atoms with Crippen molar-refractivity contribution in [3.05, 3.63) is 47.0 Å². The van der Waals surface area contributed by atoms with E-state index in [1.807, 2.05) is 44.2 Å². The Morgan fingerprint density at radius 2 is 1.83 bits per heavy atom. The van der Waals surface area contributed by atoms with Gasteiger partial charge in [-0.2, -0.15) is 0 Å². The Kier molecular flexibility index (Phi) is 6.58. The van der Waals surface area contributed by atoms with Crippen LogP contribution >= 0.6 is 0 Å². The number of amides is 1. The van der Waals surface area contributed by atoms with Crippen LogP contribution in [-0.4, -0.2) is 41.3 Å². The van der Waals surface area contributed by atoms with Crippen LogP contribution in [0.4, 0.5) is 0 Å². The maximum Gasteiger partial charge on any atom is 0.249 e. The molecule has 1 aromatic carbocycles. The molecule has 0 atom stereocenters. The van der Waals surface area contributed by atoms with Crippen molar-refractivity contribution in [3.63, 3.8) is 0 Å². The van der Waals surface area contributed by atoms with Crippen molar-refractivity contribution in [1.82, 2.24) is 4.90 Å². The summed E-state index contributed by atoms with van der Waals surface area (Å²) in [5.41, 5.74) is 2.09. The van der Waals surface area contributed by atoms with E-state index in [1.165, 1.54) is 0 Å². The summed E-state index contributed by atoms with van der Waals surface area (Å²) < 4.78 is 5.36. The van der Waals surface area contributed by atoms with E-state index in [2.05, 4.69) is 6.92 Å². The van der Waals surface area contributed by atoms with E-state index in [-0.39, 0.29) is 5.91 Å².